The molecular weight excluding hydrogens is 374 g/mol. The summed E-state index contributed by atoms with van der Waals surface area (Å²) in [6, 6.07) is 15.7. The van der Waals surface area contributed by atoms with Gasteiger partial charge in [0.15, 0.2) is 0 Å². The molecule has 0 aliphatic carbocycles. The first-order valence-corrected chi connectivity index (χ1v) is 9.65. The van der Waals surface area contributed by atoms with Crippen LogP contribution in [0.1, 0.15) is 17.8 Å². The predicted octanol–water partition coefficient (Wildman–Crippen LogP) is 4.11. The fourth-order valence-electron chi connectivity index (χ4n) is 2.95. The third kappa shape index (κ3) is 3.61. The maximum atomic E-state index is 11.4. The monoisotopic (exact) mass is 393 g/mol. The van der Waals surface area contributed by atoms with Gasteiger partial charge in [0.25, 0.3) is 0 Å². The molecule has 28 heavy (non-hydrogen) atoms. The molecule has 7 heteroatoms. The molecule has 1 amide bonds. The lowest BCUT2D eigenvalue weighted by Gasteiger charge is -2.09. The average molecular weight is 393 g/mol. The topological polar surface area (TPSA) is 72.8 Å². The van der Waals surface area contributed by atoms with Crippen LogP contribution in [-0.2, 0) is 4.79 Å². The van der Waals surface area contributed by atoms with Gasteiger partial charge in [-0.15, -0.1) is 11.3 Å². The van der Waals surface area contributed by atoms with E-state index >= 15 is 0 Å². The first-order chi connectivity index (χ1) is 13.7. The average Bonchev–Trinajstić information content (AvgIpc) is 3.20. The van der Waals surface area contributed by atoms with Crippen molar-refractivity contribution in [3.8, 4) is 33.2 Å². The molecule has 1 aromatic heterocycles. The molecule has 1 aliphatic heterocycles. The van der Waals surface area contributed by atoms with Gasteiger partial charge in [-0.1, -0.05) is 0 Å². The predicted molar refractivity (Wildman–Crippen MR) is 110 cm³/mol. The zero-order chi connectivity index (χ0) is 19.5. The van der Waals surface area contributed by atoms with E-state index in [2.05, 4.69) is 10.5 Å². The number of nitrogens with one attached hydrogen (secondary N) is 1. The Morgan fingerprint density at radius 3 is 2.04 bits per heavy atom. The van der Waals surface area contributed by atoms with Crippen molar-refractivity contribution in [2.45, 2.75) is 12.8 Å². The highest BCUT2D eigenvalue weighted by molar-refractivity contribution is 7.17. The number of thiazole rings is 1. The smallest absolute Gasteiger partial charge is 0.240 e. The third-order valence-electron chi connectivity index (χ3n) is 4.49. The summed E-state index contributed by atoms with van der Waals surface area (Å²) in [5, 5.41) is 5.02. The van der Waals surface area contributed by atoms with E-state index in [1.54, 1.807) is 25.6 Å². The van der Waals surface area contributed by atoms with Crippen LogP contribution in [0.4, 0.5) is 0 Å². The van der Waals surface area contributed by atoms with Crippen molar-refractivity contribution in [1.82, 2.24) is 10.4 Å². The van der Waals surface area contributed by atoms with Crippen molar-refractivity contribution >= 4 is 23.0 Å². The number of carbonyl (C=O) groups is 1. The fourth-order valence-corrected chi connectivity index (χ4v) is 4.06. The second kappa shape index (κ2) is 7.82. The van der Waals surface area contributed by atoms with Crippen LogP contribution < -0.4 is 14.9 Å². The number of benzene rings is 2. The Kier molecular flexibility index (Phi) is 5.08. The van der Waals surface area contributed by atoms with Crippen molar-refractivity contribution in [2.24, 2.45) is 5.10 Å². The largest absolute Gasteiger partial charge is 0.497 e. The molecule has 0 unspecified atom stereocenters. The van der Waals surface area contributed by atoms with Crippen LogP contribution >= 0.6 is 11.3 Å². The van der Waals surface area contributed by atoms with Crippen LogP contribution in [0.25, 0.3) is 21.7 Å². The van der Waals surface area contributed by atoms with Crippen molar-refractivity contribution < 1.29 is 14.3 Å². The van der Waals surface area contributed by atoms with E-state index in [0.29, 0.717) is 12.8 Å². The summed E-state index contributed by atoms with van der Waals surface area (Å²) < 4.78 is 10.5. The van der Waals surface area contributed by atoms with Gasteiger partial charge in [-0.2, -0.15) is 5.10 Å². The van der Waals surface area contributed by atoms with Crippen molar-refractivity contribution in [3.05, 3.63) is 53.5 Å². The molecule has 0 saturated carbocycles. The Balaban J connectivity index is 1.80. The summed E-state index contributed by atoms with van der Waals surface area (Å²) in [7, 11) is 3.30. The van der Waals surface area contributed by atoms with Gasteiger partial charge >= 0.3 is 0 Å². The Labute approximate surface area is 166 Å². The molecule has 2 aromatic carbocycles. The highest BCUT2D eigenvalue weighted by Gasteiger charge is 2.21. The lowest BCUT2D eigenvalue weighted by atomic mass is 10.1. The van der Waals surface area contributed by atoms with Crippen molar-refractivity contribution in [1.29, 1.82) is 0 Å². The minimum Gasteiger partial charge on any atom is -0.497 e. The summed E-state index contributed by atoms with van der Waals surface area (Å²) >= 11 is 1.57. The van der Waals surface area contributed by atoms with E-state index in [9.17, 15) is 4.79 Å². The fraction of sp³-hybridized carbons (Fsp3) is 0.190. The zero-order valence-corrected chi connectivity index (χ0v) is 16.4. The molecule has 0 bridgehead atoms. The lowest BCUT2D eigenvalue weighted by molar-refractivity contribution is -0.121. The highest BCUT2D eigenvalue weighted by atomic mass is 32.1. The summed E-state index contributed by atoms with van der Waals surface area (Å²) in [4.78, 5) is 17.3. The van der Waals surface area contributed by atoms with Crippen LogP contribution in [0.2, 0.25) is 0 Å². The summed E-state index contributed by atoms with van der Waals surface area (Å²) in [5.41, 5.74) is 6.28. The molecule has 0 saturated heterocycles. The normalized spacial score (nSPS) is 13.6. The van der Waals surface area contributed by atoms with E-state index in [-0.39, 0.29) is 5.91 Å². The van der Waals surface area contributed by atoms with Crippen molar-refractivity contribution in [2.75, 3.05) is 14.2 Å². The van der Waals surface area contributed by atoms with E-state index in [0.717, 1.165) is 43.9 Å². The zero-order valence-electron chi connectivity index (χ0n) is 15.6. The van der Waals surface area contributed by atoms with Gasteiger partial charge in [0, 0.05) is 18.4 Å². The molecule has 4 rings (SSSR count). The third-order valence-corrected chi connectivity index (χ3v) is 5.65. The van der Waals surface area contributed by atoms with E-state index < -0.39 is 0 Å². The number of hydrogen-bond donors (Lipinski definition) is 1. The molecule has 142 valence electrons. The summed E-state index contributed by atoms with van der Waals surface area (Å²) in [5.74, 6) is 1.54. The van der Waals surface area contributed by atoms with Crippen molar-refractivity contribution in [3.63, 3.8) is 0 Å². The highest BCUT2D eigenvalue weighted by Crippen LogP contribution is 2.38. The van der Waals surface area contributed by atoms with Gasteiger partial charge in [0.05, 0.1) is 30.5 Å². The minimum atomic E-state index is -0.0638. The summed E-state index contributed by atoms with van der Waals surface area (Å²) in [6.45, 7) is 0. The maximum absolute atomic E-state index is 11.4. The SMILES string of the molecule is COc1ccc(-c2nc(C3=NNC(=O)CC3)sc2-c2ccc(OC)cc2)cc1. The number of rotatable bonds is 5. The number of nitrogens with zero attached hydrogens (tertiary/aromatic N) is 2. The van der Waals surface area contributed by atoms with Gasteiger partial charge in [-0.05, 0) is 54.1 Å². The molecule has 0 fully saturated rings. The molecule has 3 aromatic rings. The van der Waals surface area contributed by atoms with Crippen LogP contribution in [0.5, 0.6) is 11.5 Å². The second-order valence-electron chi connectivity index (χ2n) is 6.25. The first-order valence-electron chi connectivity index (χ1n) is 8.83. The Morgan fingerprint density at radius 2 is 1.50 bits per heavy atom. The molecule has 0 atom stereocenters. The summed E-state index contributed by atoms with van der Waals surface area (Å²) in [6.07, 6.45) is 1.01. The molecule has 0 radical (unpaired) electrons. The first kappa shape index (κ1) is 18.2. The van der Waals surface area contributed by atoms with Crippen LogP contribution in [-0.4, -0.2) is 30.8 Å². The number of hydrogen-bond acceptors (Lipinski definition) is 6. The number of amides is 1. The van der Waals surface area contributed by atoms with Gasteiger partial charge in [0.1, 0.15) is 16.5 Å². The number of methoxy groups -OCH3 is 2. The van der Waals surface area contributed by atoms with Gasteiger partial charge in [-0.25, -0.2) is 10.4 Å². The van der Waals surface area contributed by atoms with Gasteiger partial charge in [-0.3, -0.25) is 4.79 Å². The minimum absolute atomic E-state index is 0.0638. The molecule has 1 aliphatic rings. The second-order valence-corrected chi connectivity index (χ2v) is 7.25. The van der Waals surface area contributed by atoms with Gasteiger partial charge in [0.2, 0.25) is 5.91 Å². The molecule has 0 spiro atoms. The van der Waals surface area contributed by atoms with E-state index in [4.69, 9.17) is 14.5 Å². The number of ether oxygens (including phenoxy) is 2. The molecule has 2 heterocycles. The van der Waals surface area contributed by atoms with Gasteiger partial charge < -0.3 is 9.47 Å². The quantitative estimate of drug-likeness (QED) is 0.708. The number of hydrazone groups is 1. The molecule has 1 N–H and O–H groups in total. The number of carbonyl (C=O) groups excluding carboxylic acids is 1. The lowest BCUT2D eigenvalue weighted by Crippen LogP contribution is -2.25. The van der Waals surface area contributed by atoms with Crippen LogP contribution in [0, 0.1) is 0 Å². The Morgan fingerprint density at radius 1 is 0.893 bits per heavy atom. The van der Waals surface area contributed by atoms with Crippen LogP contribution in [0.3, 0.4) is 0 Å². The Bertz CT molecular complexity index is 959. The molecular formula is C21H19N3O3S. The standard InChI is InChI=1S/C21H19N3O3S/c1-26-15-7-3-13(4-8-15)19-20(14-5-9-16(27-2)10-6-14)28-21(22-19)17-11-12-18(25)24-23-17/h3-10H,11-12H2,1-2H3,(H,24,25). The van der Waals surface area contributed by atoms with E-state index in [1.165, 1.54) is 0 Å². The van der Waals surface area contributed by atoms with E-state index in [1.807, 2.05) is 48.5 Å². The molecule has 6 nitrogen and oxygen atoms in total. The van der Waals surface area contributed by atoms with Crippen LogP contribution in [0.15, 0.2) is 53.6 Å². The maximum Gasteiger partial charge on any atom is 0.240 e. The Hall–Kier alpha value is -3.19. The number of aromatic nitrogens is 1.